The number of halogens is 1. The summed E-state index contributed by atoms with van der Waals surface area (Å²) in [7, 11) is 0. The topological polar surface area (TPSA) is 51.8 Å². The van der Waals surface area contributed by atoms with E-state index < -0.39 is 5.82 Å². The molecule has 0 saturated carbocycles. The number of nitrogens with zero attached hydrogens (tertiary/aromatic N) is 2. The van der Waals surface area contributed by atoms with Crippen molar-refractivity contribution in [1.29, 1.82) is 0 Å². The van der Waals surface area contributed by atoms with E-state index in [9.17, 15) is 4.39 Å². The Morgan fingerprint density at radius 2 is 2.29 bits per heavy atom. The summed E-state index contributed by atoms with van der Waals surface area (Å²) in [5.74, 6) is -0.359. The molecule has 0 aliphatic heterocycles. The quantitative estimate of drug-likeness (QED) is 0.783. The van der Waals surface area contributed by atoms with Crippen LogP contribution in [-0.2, 0) is 0 Å². The van der Waals surface area contributed by atoms with E-state index in [4.69, 9.17) is 5.73 Å². The van der Waals surface area contributed by atoms with Crippen molar-refractivity contribution >= 4 is 17.3 Å². The lowest BCUT2D eigenvalue weighted by atomic mass is 10.2. The maximum atomic E-state index is 13.3. The lowest BCUT2D eigenvalue weighted by molar-refractivity contribution is 0.619. The molecule has 14 heavy (non-hydrogen) atoms. The third kappa shape index (κ3) is 1.58. The average molecular weight is 209 g/mol. The summed E-state index contributed by atoms with van der Waals surface area (Å²) in [5.41, 5.74) is 6.40. The Labute approximate surface area is 84.4 Å². The van der Waals surface area contributed by atoms with E-state index in [1.165, 1.54) is 0 Å². The highest BCUT2D eigenvalue weighted by atomic mass is 32.1. The van der Waals surface area contributed by atoms with Gasteiger partial charge in [0.15, 0.2) is 5.82 Å². The molecule has 0 saturated heterocycles. The first-order valence-electron chi connectivity index (χ1n) is 4.00. The zero-order chi connectivity index (χ0) is 10.1. The molecule has 0 bridgehead atoms. The van der Waals surface area contributed by atoms with Crippen LogP contribution in [0.25, 0.3) is 11.3 Å². The van der Waals surface area contributed by atoms with Gasteiger partial charge in [-0.05, 0) is 13.0 Å². The molecular formula is C9H8FN3S. The Kier molecular flexibility index (Phi) is 2.17. The first kappa shape index (κ1) is 9.08. The fourth-order valence-corrected chi connectivity index (χ4v) is 1.84. The van der Waals surface area contributed by atoms with Crippen LogP contribution in [-0.4, -0.2) is 9.97 Å². The fourth-order valence-electron chi connectivity index (χ4n) is 1.15. The lowest BCUT2D eigenvalue weighted by Crippen LogP contribution is -1.98. The van der Waals surface area contributed by atoms with E-state index in [1.54, 1.807) is 11.3 Å². The molecule has 2 aromatic heterocycles. The van der Waals surface area contributed by atoms with Gasteiger partial charge in [0.1, 0.15) is 5.69 Å². The minimum Gasteiger partial charge on any atom is -0.368 e. The van der Waals surface area contributed by atoms with Crippen molar-refractivity contribution in [1.82, 2.24) is 9.97 Å². The predicted octanol–water partition coefficient (Wildman–Crippen LogP) is 2.23. The standard InChI is InChI=1S/C9H8FN3S/c1-5-2-6(4-14-5)8-7(10)3-12-9(11)13-8/h2-4H,1H3,(H2,11,12,13). The number of hydrogen-bond acceptors (Lipinski definition) is 4. The van der Waals surface area contributed by atoms with Gasteiger partial charge in [-0.15, -0.1) is 11.3 Å². The summed E-state index contributed by atoms with van der Waals surface area (Å²) in [5, 5.41) is 1.85. The summed E-state index contributed by atoms with van der Waals surface area (Å²) in [6.07, 6.45) is 1.09. The highest BCUT2D eigenvalue weighted by molar-refractivity contribution is 7.10. The molecule has 0 aromatic carbocycles. The molecular weight excluding hydrogens is 201 g/mol. The van der Waals surface area contributed by atoms with E-state index in [2.05, 4.69) is 9.97 Å². The molecule has 5 heteroatoms. The molecule has 0 aliphatic carbocycles. The zero-order valence-electron chi connectivity index (χ0n) is 7.49. The van der Waals surface area contributed by atoms with Crippen LogP contribution in [0.4, 0.5) is 10.3 Å². The van der Waals surface area contributed by atoms with Gasteiger partial charge in [-0.25, -0.2) is 14.4 Å². The van der Waals surface area contributed by atoms with Gasteiger partial charge >= 0.3 is 0 Å². The van der Waals surface area contributed by atoms with Gasteiger partial charge in [0.2, 0.25) is 5.95 Å². The van der Waals surface area contributed by atoms with E-state index in [0.717, 1.165) is 16.6 Å². The van der Waals surface area contributed by atoms with Gasteiger partial charge in [0.25, 0.3) is 0 Å². The fraction of sp³-hybridized carbons (Fsp3) is 0.111. The molecule has 0 radical (unpaired) electrons. The number of nitrogen functional groups attached to an aromatic ring is 1. The summed E-state index contributed by atoms with van der Waals surface area (Å²) < 4.78 is 13.3. The van der Waals surface area contributed by atoms with Gasteiger partial charge in [-0.1, -0.05) is 0 Å². The molecule has 0 spiro atoms. The molecule has 2 rings (SSSR count). The molecule has 0 unspecified atom stereocenters. The van der Waals surface area contributed by atoms with Gasteiger partial charge in [-0.3, -0.25) is 0 Å². The number of rotatable bonds is 1. The Hall–Kier alpha value is -1.49. The van der Waals surface area contributed by atoms with E-state index in [0.29, 0.717) is 0 Å². The van der Waals surface area contributed by atoms with Crippen molar-refractivity contribution in [2.24, 2.45) is 0 Å². The normalized spacial score (nSPS) is 10.4. The van der Waals surface area contributed by atoms with Crippen molar-refractivity contribution in [2.75, 3.05) is 5.73 Å². The van der Waals surface area contributed by atoms with Crippen LogP contribution in [0.2, 0.25) is 0 Å². The first-order chi connectivity index (χ1) is 6.66. The number of thiophene rings is 1. The number of aryl methyl sites for hydroxylation is 1. The smallest absolute Gasteiger partial charge is 0.220 e. The second kappa shape index (κ2) is 3.34. The van der Waals surface area contributed by atoms with Crippen molar-refractivity contribution < 1.29 is 4.39 Å². The number of anilines is 1. The summed E-state index contributed by atoms with van der Waals surface area (Å²) in [6, 6.07) is 1.87. The molecule has 0 amide bonds. The molecule has 2 heterocycles. The van der Waals surface area contributed by atoms with Gasteiger partial charge in [0.05, 0.1) is 6.20 Å². The summed E-state index contributed by atoms with van der Waals surface area (Å²) in [4.78, 5) is 8.53. The largest absolute Gasteiger partial charge is 0.368 e. The van der Waals surface area contributed by atoms with Crippen LogP contribution < -0.4 is 5.73 Å². The molecule has 3 nitrogen and oxygen atoms in total. The maximum absolute atomic E-state index is 13.3. The number of nitrogens with two attached hydrogens (primary N) is 1. The number of aromatic nitrogens is 2. The summed E-state index contributed by atoms with van der Waals surface area (Å²) >= 11 is 1.55. The predicted molar refractivity (Wildman–Crippen MR) is 54.5 cm³/mol. The Bertz CT molecular complexity index is 467. The molecule has 2 aromatic rings. The maximum Gasteiger partial charge on any atom is 0.220 e. The van der Waals surface area contributed by atoms with Crippen molar-refractivity contribution in [2.45, 2.75) is 6.92 Å². The SMILES string of the molecule is Cc1cc(-c2nc(N)ncc2F)cs1. The minimum absolute atomic E-state index is 0.0882. The second-order valence-corrected chi connectivity index (χ2v) is 3.99. The van der Waals surface area contributed by atoms with Gasteiger partial charge in [0, 0.05) is 15.8 Å². The van der Waals surface area contributed by atoms with Crippen LogP contribution in [0.5, 0.6) is 0 Å². The van der Waals surface area contributed by atoms with Crippen molar-refractivity contribution in [3.63, 3.8) is 0 Å². The second-order valence-electron chi connectivity index (χ2n) is 2.87. The van der Waals surface area contributed by atoms with E-state index >= 15 is 0 Å². The molecule has 2 N–H and O–H groups in total. The minimum atomic E-state index is -0.447. The third-order valence-electron chi connectivity index (χ3n) is 1.77. The van der Waals surface area contributed by atoms with E-state index in [1.807, 2.05) is 18.4 Å². The lowest BCUT2D eigenvalue weighted by Gasteiger charge is -1.99. The highest BCUT2D eigenvalue weighted by Gasteiger charge is 2.09. The van der Waals surface area contributed by atoms with Crippen LogP contribution in [0.15, 0.2) is 17.6 Å². The van der Waals surface area contributed by atoms with E-state index in [-0.39, 0.29) is 11.6 Å². The zero-order valence-corrected chi connectivity index (χ0v) is 8.31. The highest BCUT2D eigenvalue weighted by Crippen LogP contribution is 2.25. The molecule has 0 aliphatic rings. The van der Waals surface area contributed by atoms with Gasteiger partial charge < -0.3 is 5.73 Å². The Morgan fingerprint density at radius 3 is 2.93 bits per heavy atom. The van der Waals surface area contributed by atoms with Gasteiger partial charge in [-0.2, -0.15) is 0 Å². The number of hydrogen-bond donors (Lipinski definition) is 1. The summed E-state index contributed by atoms with van der Waals surface area (Å²) in [6.45, 7) is 1.95. The first-order valence-corrected chi connectivity index (χ1v) is 4.88. The van der Waals surface area contributed by atoms with Crippen LogP contribution in [0, 0.1) is 12.7 Å². The average Bonchev–Trinajstić information content (AvgIpc) is 2.56. The van der Waals surface area contributed by atoms with Crippen LogP contribution in [0.3, 0.4) is 0 Å². The van der Waals surface area contributed by atoms with Crippen LogP contribution in [0.1, 0.15) is 4.88 Å². The molecule has 0 atom stereocenters. The van der Waals surface area contributed by atoms with Crippen molar-refractivity contribution in [3.05, 3.63) is 28.3 Å². The molecule has 72 valence electrons. The third-order valence-corrected chi connectivity index (χ3v) is 2.63. The Balaban J connectivity index is 2.55. The Morgan fingerprint density at radius 1 is 1.50 bits per heavy atom. The van der Waals surface area contributed by atoms with Crippen molar-refractivity contribution in [3.8, 4) is 11.3 Å². The van der Waals surface area contributed by atoms with Crippen LogP contribution >= 0.6 is 11.3 Å². The monoisotopic (exact) mass is 209 g/mol. The molecule has 0 fully saturated rings.